The van der Waals surface area contributed by atoms with Crippen molar-refractivity contribution in [1.82, 2.24) is 0 Å². The van der Waals surface area contributed by atoms with E-state index in [0.717, 1.165) is 33.4 Å². The number of aliphatic hydroxyl groups is 7. The van der Waals surface area contributed by atoms with Gasteiger partial charge in [0.2, 0.25) is 0 Å². The first kappa shape index (κ1) is 109. The van der Waals surface area contributed by atoms with E-state index >= 15 is 0 Å². The van der Waals surface area contributed by atoms with Gasteiger partial charge in [0.25, 0.3) is 0 Å². The summed E-state index contributed by atoms with van der Waals surface area (Å²) in [5.41, 5.74) is 7.05. The van der Waals surface area contributed by atoms with E-state index in [-0.39, 0.29) is 59.5 Å². The SMILES string of the molecule is O=C(/C=C/c1ccccc1)OC(CO)CO.O=C(/C=C/c1ccccc1)OCC(CO)OC(=O)/C=C/c1ccccc1.O=C(/C=C/c1ccccc1)OCC(O)CO.O=C(/C=C/c1ccccc1)OCC(O)COC(=O)/C=C/c1ccccc1.O=C(OCC(CO)OC(=O)c1ccccc1)c1ccccc1.O=C(OCC(COC(=O)c1ccccc1)OC(=O)c1ccccc1)c1ccccc1. The molecule has 0 heterocycles. The summed E-state index contributed by atoms with van der Waals surface area (Å²) in [4.78, 5) is 129. The lowest BCUT2D eigenvalue weighted by Gasteiger charge is -2.18. The van der Waals surface area contributed by atoms with Crippen LogP contribution in [0.3, 0.4) is 0 Å². The molecule has 0 aliphatic rings. The molecule has 0 aliphatic carbocycles. The summed E-state index contributed by atoms with van der Waals surface area (Å²) in [7, 11) is 0. The molecule has 0 spiro atoms. The monoisotopic (exact) mass is 1850 g/mol. The van der Waals surface area contributed by atoms with Crippen LogP contribution in [-0.4, -0.2) is 217 Å². The van der Waals surface area contributed by atoms with E-state index in [1.54, 1.807) is 188 Å². The van der Waals surface area contributed by atoms with Crippen molar-refractivity contribution in [2.75, 3.05) is 79.3 Å². The molecule has 136 heavy (non-hydrogen) atoms. The van der Waals surface area contributed by atoms with Crippen molar-refractivity contribution in [3.8, 4) is 0 Å². The number of carbonyl (C=O) groups is 11. The second kappa shape index (κ2) is 66.2. The normalized spacial score (nSPS) is 11.4. The van der Waals surface area contributed by atoms with Crippen LogP contribution < -0.4 is 0 Å². The second-order valence-electron chi connectivity index (χ2n) is 28.0. The molecule has 29 heteroatoms. The van der Waals surface area contributed by atoms with E-state index in [9.17, 15) is 68.1 Å². The van der Waals surface area contributed by atoms with E-state index < -0.39 is 122 Å². The number of hydrogen-bond acceptors (Lipinski definition) is 29. The maximum absolute atomic E-state index is 12.4. The third-order valence-corrected chi connectivity index (χ3v) is 17.3. The van der Waals surface area contributed by atoms with Crippen LogP contribution in [-0.2, 0) is 80.9 Å². The maximum atomic E-state index is 12.4. The number of carbonyl (C=O) groups excluding carboxylic acids is 11. The molecule has 0 saturated carbocycles. The lowest BCUT2D eigenvalue weighted by Crippen LogP contribution is -2.31. The Hall–Kier alpha value is -16.3. The minimum Gasteiger partial charge on any atom is -0.460 e. The van der Waals surface area contributed by atoms with Crippen LogP contribution in [0.5, 0.6) is 0 Å². The summed E-state index contributed by atoms with van der Waals surface area (Å²) in [5.74, 6) is -6.33. The summed E-state index contributed by atoms with van der Waals surface area (Å²) in [6.45, 7) is -3.72. The molecule has 0 bridgehead atoms. The number of hydrogen-bond donors (Lipinski definition) is 7. The molecule has 0 aliphatic heterocycles. The van der Waals surface area contributed by atoms with Crippen molar-refractivity contribution in [1.29, 1.82) is 0 Å². The molecular formula is C107H104O29. The topological polar surface area (TPSA) is 431 Å². The summed E-state index contributed by atoms with van der Waals surface area (Å²) in [6, 6.07) is 97.8. The minimum absolute atomic E-state index is 0.200. The zero-order chi connectivity index (χ0) is 97.8. The van der Waals surface area contributed by atoms with Crippen LogP contribution in [0.1, 0.15) is 85.2 Å². The number of esters is 11. The molecular weight excluding hydrogens is 1750 g/mol. The Morgan fingerprint density at radius 2 is 0.375 bits per heavy atom. The van der Waals surface area contributed by atoms with Gasteiger partial charge < -0.3 is 87.9 Å². The highest BCUT2D eigenvalue weighted by Crippen LogP contribution is 2.15. The Morgan fingerprint density at radius 3 is 0.618 bits per heavy atom. The minimum atomic E-state index is -1.09. The van der Waals surface area contributed by atoms with E-state index in [1.165, 1.54) is 36.5 Å². The molecule has 0 saturated heterocycles. The molecule has 11 aromatic carbocycles. The molecule has 29 nitrogen and oxygen atoms in total. The highest BCUT2D eigenvalue weighted by molar-refractivity contribution is 5.94. The van der Waals surface area contributed by atoms with Gasteiger partial charge in [0.15, 0.2) is 18.3 Å². The fraction of sp³-hybridized carbons (Fsp3) is 0.168. The average molecular weight is 1850 g/mol. The largest absolute Gasteiger partial charge is 0.460 e. The molecule has 11 rings (SSSR count). The van der Waals surface area contributed by atoms with Crippen LogP contribution in [0, 0.1) is 0 Å². The van der Waals surface area contributed by atoms with Crippen molar-refractivity contribution >= 4 is 102 Å². The lowest BCUT2D eigenvalue weighted by molar-refractivity contribution is -0.154. The third kappa shape index (κ3) is 48.1. The van der Waals surface area contributed by atoms with Gasteiger partial charge in [0.1, 0.15) is 64.6 Å². The predicted molar refractivity (Wildman–Crippen MR) is 505 cm³/mol. The first-order chi connectivity index (χ1) is 66.1. The quantitative estimate of drug-likeness (QED) is 0.0107. The molecule has 3 unspecified atom stereocenters. The second-order valence-corrected chi connectivity index (χ2v) is 28.0. The molecule has 3 atom stereocenters. The van der Waals surface area contributed by atoms with Gasteiger partial charge in [-0.1, -0.05) is 273 Å². The predicted octanol–water partition coefficient (Wildman–Crippen LogP) is 12.9. The highest BCUT2D eigenvalue weighted by atomic mass is 16.6. The van der Waals surface area contributed by atoms with Crippen molar-refractivity contribution in [2.24, 2.45) is 0 Å². The van der Waals surface area contributed by atoms with Gasteiger partial charge in [-0.25, -0.2) is 52.7 Å². The first-order valence-corrected chi connectivity index (χ1v) is 42.2. The summed E-state index contributed by atoms with van der Waals surface area (Å²) >= 11 is 0. The molecule has 706 valence electrons. The number of benzene rings is 11. The van der Waals surface area contributed by atoms with Gasteiger partial charge in [0, 0.05) is 36.5 Å². The fourth-order valence-corrected chi connectivity index (χ4v) is 10.3. The Bertz CT molecular complexity index is 5380. The molecule has 0 fully saturated rings. The standard InChI is InChI=1S/C24H20O6.2C21H20O5.C17H16O5.2C12H14O4/c25-22(18-10-4-1-5-11-18)28-16-21(30-24(27)20-14-8-3-9-15-20)17-29-23(26)19-12-6-2-7-13-19;22-19(15-25-20(23)13-11-17-7-3-1-4-8-17)16-26-21(24)14-12-18-9-5-2-6-10-18;22-15-19(26-21(24)14-12-18-9-5-2-6-10-18)16-25-20(23)13-11-17-7-3-1-4-8-17;18-11-15(22-17(20)14-9-5-2-6-10-14)12-21-16(19)13-7-3-1-4-8-13;13-8-11(14)9-16-12(15)7-6-10-4-2-1-3-5-10;13-8-11(9-14)16-12(15)7-6-10-4-2-1-3-5-10/h1-15,21H,16-17H2;2*1-14,19,22H,15-16H2;1-10,15,18H,11-12H2;2*1-7,11,13-14H,8-9H2/b;2*13-11+,14-12+;;2*7-6+. The number of rotatable bonds is 40. The van der Waals surface area contributed by atoms with Gasteiger partial charge in [-0.05, 0) is 131 Å². The lowest BCUT2D eigenvalue weighted by atomic mass is 10.2. The fourth-order valence-electron chi connectivity index (χ4n) is 10.3. The number of ether oxygens (including phenoxy) is 11. The zero-order valence-corrected chi connectivity index (χ0v) is 73.7. The Morgan fingerprint density at radius 1 is 0.191 bits per heavy atom. The Kier molecular flexibility index (Phi) is 52.8. The highest BCUT2D eigenvalue weighted by Gasteiger charge is 2.23. The van der Waals surface area contributed by atoms with Crippen molar-refractivity contribution in [3.63, 3.8) is 0 Å². The average Bonchev–Trinajstić information content (AvgIpc) is 0.884. The molecule has 7 N–H and O–H groups in total. The summed E-state index contributed by atoms with van der Waals surface area (Å²) in [5, 5.41) is 63.1. The van der Waals surface area contributed by atoms with Gasteiger partial charge in [-0.3, -0.25) is 0 Å². The summed E-state index contributed by atoms with van der Waals surface area (Å²) < 4.78 is 55.4. The molecule has 0 amide bonds. The number of aliphatic hydroxyl groups excluding tert-OH is 7. The Balaban J connectivity index is 0.000000254. The molecule has 0 radical (unpaired) electrons. The molecule has 11 aromatic rings. The van der Waals surface area contributed by atoms with Crippen molar-refractivity contribution in [3.05, 3.63) is 431 Å². The van der Waals surface area contributed by atoms with E-state index in [1.807, 2.05) is 182 Å². The molecule has 0 aromatic heterocycles. The van der Waals surface area contributed by atoms with Crippen LogP contribution in [0.15, 0.2) is 370 Å². The van der Waals surface area contributed by atoms with Crippen LogP contribution in [0.2, 0.25) is 0 Å². The third-order valence-electron chi connectivity index (χ3n) is 17.3. The van der Waals surface area contributed by atoms with Crippen LogP contribution >= 0.6 is 0 Å². The first-order valence-electron chi connectivity index (χ1n) is 42.2. The van der Waals surface area contributed by atoms with E-state index in [0.29, 0.717) is 27.8 Å². The smallest absolute Gasteiger partial charge is 0.338 e. The van der Waals surface area contributed by atoms with Crippen LogP contribution in [0.4, 0.5) is 0 Å². The van der Waals surface area contributed by atoms with Crippen molar-refractivity contribution < 1.29 is 141 Å². The van der Waals surface area contributed by atoms with E-state index in [2.05, 4.69) is 4.74 Å². The van der Waals surface area contributed by atoms with Gasteiger partial charge in [-0.2, -0.15) is 0 Å². The van der Waals surface area contributed by atoms with Gasteiger partial charge >= 0.3 is 65.7 Å². The van der Waals surface area contributed by atoms with Gasteiger partial charge in [0.05, 0.1) is 60.9 Å². The van der Waals surface area contributed by atoms with E-state index in [4.69, 9.17) is 67.8 Å². The summed E-state index contributed by atoms with van der Waals surface area (Å²) in [6.07, 6.45) is 11.6. The van der Waals surface area contributed by atoms with Crippen LogP contribution in [0.25, 0.3) is 36.5 Å². The Labute approximate surface area is 785 Å². The zero-order valence-electron chi connectivity index (χ0n) is 73.7. The van der Waals surface area contributed by atoms with Crippen molar-refractivity contribution in [2.45, 2.75) is 36.6 Å². The van der Waals surface area contributed by atoms with Gasteiger partial charge in [-0.15, -0.1) is 0 Å². The maximum Gasteiger partial charge on any atom is 0.338 e.